The quantitative estimate of drug-likeness (QED) is 0.888. The van der Waals surface area contributed by atoms with E-state index in [4.69, 9.17) is 5.73 Å². The highest BCUT2D eigenvalue weighted by atomic mass is 15.3. The van der Waals surface area contributed by atoms with Gasteiger partial charge in [-0.2, -0.15) is 5.10 Å². The summed E-state index contributed by atoms with van der Waals surface area (Å²) in [5.41, 5.74) is 7.83. The number of hydrogen-bond acceptors (Lipinski definition) is 3. The van der Waals surface area contributed by atoms with Crippen LogP contribution < -0.4 is 5.73 Å². The van der Waals surface area contributed by atoms with Crippen LogP contribution in [0.4, 0.5) is 0 Å². The van der Waals surface area contributed by atoms with Crippen LogP contribution in [0, 0.1) is 5.41 Å². The first-order valence-corrected chi connectivity index (χ1v) is 7.57. The molecule has 1 aromatic rings. The Bertz CT molecular complexity index is 385. The van der Waals surface area contributed by atoms with Crippen LogP contribution in [0.3, 0.4) is 0 Å². The minimum Gasteiger partial charge on any atom is -0.329 e. The molecule has 1 aliphatic rings. The smallest absolute Gasteiger partial charge is 0.0538 e. The van der Waals surface area contributed by atoms with Crippen LogP contribution in [-0.4, -0.2) is 34.3 Å². The van der Waals surface area contributed by atoms with E-state index in [1.54, 1.807) is 0 Å². The molecule has 1 aromatic heterocycles. The standard InChI is InChI=1S/C15H28N4/c1-4-15(5-2)6-8-19(9-7-15)14(10-16)13-11-17-18(3)12-13/h11-12,14H,4-10,16H2,1-3H3. The zero-order chi connectivity index (χ0) is 13.9. The second kappa shape index (κ2) is 6.06. The van der Waals surface area contributed by atoms with Gasteiger partial charge >= 0.3 is 0 Å². The lowest BCUT2D eigenvalue weighted by atomic mass is 9.74. The number of nitrogens with zero attached hydrogens (tertiary/aromatic N) is 3. The van der Waals surface area contributed by atoms with Gasteiger partial charge in [-0.3, -0.25) is 9.58 Å². The predicted octanol–water partition coefficient (Wildman–Crippen LogP) is 2.32. The fraction of sp³-hybridized carbons (Fsp3) is 0.800. The third-order valence-electron chi connectivity index (χ3n) is 5.13. The second-order valence-electron chi connectivity index (χ2n) is 5.94. The van der Waals surface area contributed by atoms with Crippen molar-refractivity contribution < 1.29 is 0 Å². The van der Waals surface area contributed by atoms with Crippen molar-refractivity contribution in [2.75, 3.05) is 19.6 Å². The van der Waals surface area contributed by atoms with Crippen molar-refractivity contribution in [2.45, 2.75) is 45.6 Å². The van der Waals surface area contributed by atoms with Gasteiger partial charge in [-0.1, -0.05) is 26.7 Å². The van der Waals surface area contributed by atoms with Crippen molar-refractivity contribution in [1.82, 2.24) is 14.7 Å². The molecule has 108 valence electrons. The van der Waals surface area contributed by atoms with Gasteiger partial charge in [0.15, 0.2) is 0 Å². The fourth-order valence-electron chi connectivity index (χ4n) is 3.38. The van der Waals surface area contributed by atoms with Gasteiger partial charge in [-0.05, 0) is 31.3 Å². The molecule has 1 atom stereocenters. The summed E-state index contributed by atoms with van der Waals surface area (Å²) in [4.78, 5) is 2.54. The molecule has 0 aromatic carbocycles. The van der Waals surface area contributed by atoms with Gasteiger partial charge in [0.1, 0.15) is 0 Å². The largest absolute Gasteiger partial charge is 0.329 e. The van der Waals surface area contributed by atoms with E-state index in [9.17, 15) is 0 Å². The van der Waals surface area contributed by atoms with Crippen molar-refractivity contribution in [3.63, 3.8) is 0 Å². The number of aromatic nitrogens is 2. The summed E-state index contributed by atoms with van der Waals surface area (Å²) < 4.78 is 1.87. The molecule has 0 spiro atoms. The number of nitrogens with two attached hydrogens (primary N) is 1. The van der Waals surface area contributed by atoms with E-state index in [2.05, 4.69) is 30.0 Å². The summed E-state index contributed by atoms with van der Waals surface area (Å²) in [7, 11) is 1.96. The van der Waals surface area contributed by atoms with E-state index < -0.39 is 0 Å². The maximum Gasteiger partial charge on any atom is 0.0538 e. The third-order valence-corrected chi connectivity index (χ3v) is 5.13. The summed E-state index contributed by atoms with van der Waals surface area (Å²) in [6, 6.07) is 0.334. The van der Waals surface area contributed by atoms with Crippen LogP contribution in [0.5, 0.6) is 0 Å². The minimum absolute atomic E-state index is 0.334. The first-order chi connectivity index (χ1) is 9.14. The van der Waals surface area contributed by atoms with Crippen LogP contribution >= 0.6 is 0 Å². The average Bonchev–Trinajstić information content (AvgIpc) is 2.87. The minimum atomic E-state index is 0.334. The number of piperidine rings is 1. The van der Waals surface area contributed by atoms with E-state index in [0.717, 1.165) is 0 Å². The molecule has 1 unspecified atom stereocenters. The highest BCUT2D eigenvalue weighted by Crippen LogP contribution is 2.39. The number of rotatable bonds is 5. The van der Waals surface area contributed by atoms with Gasteiger partial charge in [0.05, 0.1) is 12.2 Å². The van der Waals surface area contributed by atoms with E-state index in [-0.39, 0.29) is 0 Å². The number of likely N-dealkylation sites (tertiary alicyclic amines) is 1. The predicted molar refractivity (Wildman–Crippen MR) is 78.8 cm³/mol. The van der Waals surface area contributed by atoms with E-state index >= 15 is 0 Å². The molecule has 4 heteroatoms. The molecular formula is C15H28N4. The van der Waals surface area contributed by atoms with Gasteiger partial charge in [0.25, 0.3) is 0 Å². The molecule has 0 amide bonds. The summed E-state index contributed by atoms with van der Waals surface area (Å²) >= 11 is 0. The van der Waals surface area contributed by atoms with E-state index in [0.29, 0.717) is 18.0 Å². The Morgan fingerprint density at radius 2 is 1.95 bits per heavy atom. The van der Waals surface area contributed by atoms with Gasteiger partial charge in [0, 0.05) is 25.4 Å². The first-order valence-electron chi connectivity index (χ1n) is 7.57. The maximum atomic E-state index is 6.00. The van der Waals surface area contributed by atoms with E-state index in [1.807, 2.05) is 17.9 Å². The molecule has 0 saturated carbocycles. The fourth-order valence-corrected chi connectivity index (χ4v) is 3.38. The molecule has 2 rings (SSSR count). The number of aryl methyl sites for hydroxylation is 1. The van der Waals surface area contributed by atoms with Crippen LogP contribution in [0.25, 0.3) is 0 Å². The van der Waals surface area contributed by atoms with Gasteiger partial charge in [-0.25, -0.2) is 0 Å². The maximum absolute atomic E-state index is 6.00. The monoisotopic (exact) mass is 264 g/mol. The SMILES string of the molecule is CCC1(CC)CCN(C(CN)c2cnn(C)c2)CC1. The highest BCUT2D eigenvalue weighted by Gasteiger charge is 2.33. The first kappa shape index (κ1) is 14.5. The molecule has 4 nitrogen and oxygen atoms in total. The Morgan fingerprint density at radius 1 is 1.32 bits per heavy atom. The molecule has 19 heavy (non-hydrogen) atoms. The second-order valence-corrected chi connectivity index (χ2v) is 5.94. The van der Waals surface area contributed by atoms with Crippen molar-refractivity contribution in [2.24, 2.45) is 18.2 Å². The van der Waals surface area contributed by atoms with Crippen LogP contribution in [0.1, 0.15) is 51.1 Å². The summed E-state index contributed by atoms with van der Waals surface area (Å²) in [5, 5.41) is 4.28. The van der Waals surface area contributed by atoms with Gasteiger partial charge in [-0.15, -0.1) is 0 Å². The summed E-state index contributed by atoms with van der Waals surface area (Å²) in [5.74, 6) is 0. The van der Waals surface area contributed by atoms with Gasteiger partial charge < -0.3 is 5.73 Å². The molecule has 0 aliphatic carbocycles. The summed E-state index contributed by atoms with van der Waals surface area (Å²) in [6.45, 7) is 7.68. The average molecular weight is 264 g/mol. The molecule has 2 N–H and O–H groups in total. The van der Waals surface area contributed by atoms with Crippen molar-refractivity contribution in [3.05, 3.63) is 18.0 Å². The Kier molecular flexibility index (Phi) is 4.63. The zero-order valence-corrected chi connectivity index (χ0v) is 12.6. The van der Waals surface area contributed by atoms with Crippen LogP contribution in [0.2, 0.25) is 0 Å². The lowest BCUT2D eigenvalue weighted by Crippen LogP contribution is -2.43. The Labute approximate surface area is 117 Å². The van der Waals surface area contributed by atoms with Crippen LogP contribution in [-0.2, 0) is 7.05 Å². The van der Waals surface area contributed by atoms with Gasteiger partial charge in [0.2, 0.25) is 0 Å². The highest BCUT2D eigenvalue weighted by molar-refractivity contribution is 5.11. The molecule has 1 aliphatic heterocycles. The molecule has 1 saturated heterocycles. The van der Waals surface area contributed by atoms with Crippen molar-refractivity contribution in [1.29, 1.82) is 0 Å². The normalized spacial score (nSPS) is 21.5. The van der Waals surface area contributed by atoms with Crippen LogP contribution in [0.15, 0.2) is 12.4 Å². The molecule has 0 radical (unpaired) electrons. The molecule has 1 fully saturated rings. The Balaban J connectivity index is 2.03. The Morgan fingerprint density at radius 3 is 2.37 bits per heavy atom. The molecule has 2 heterocycles. The lowest BCUT2D eigenvalue weighted by molar-refractivity contribution is 0.0679. The summed E-state index contributed by atoms with van der Waals surface area (Å²) in [6.07, 6.45) is 9.26. The molecule has 0 bridgehead atoms. The Hall–Kier alpha value is -0.870. The molecular weight excluding hydrogens is 236 g/mol. The van der Waals surface area contributed by atoms with Crippen molar-refractivity contribution in [3.8, 4) is 0 Å². The number of hydrogen-bond donors (Lipinski definition) is 1. The zero-order valence-electron chi connectivity index (χ0n) is 12.6. The topological polar surface area (TPSA) is 47.1 Å². The third kappa shape index (κ3) is 3.00. The lowest BCUT2D eigenvalue weighted by Gasteiger charge is -2.43. The van der Waals surface area contributed by atoms with Crippen molar-refractivity contribution >= 4 is 0 Å². The van der Waals surface area contributed by atoms with E-state index in [1.165, 1.54) is 44.3 Å².